The Morgan fingerprint density at radius 2 is 2.25 bits per heavy atom. The number of amides is 1. The Morgan fingerprint density at radius 3 is 2.85 bits per heavy atom. The molecule has 1 aliphatic heterocycles. The number of carbonyl (C=O) groups is 2. The molecule has 1 aromatic rings. The zero-order valence-corrected chi connectivity index (χ0v) is 13.0. The maximum absolute atomic E-state index is 12.4. The predicted molar refractivity (Wildman–Crippen MR) is 77.2 cm³/mol. The van der Waals surface area contributed by atoms with Crippen molar-refractivity contribution in [3.05, 3.63) is 15.6 Å². The molecule has 6 heteroatoms. The van der Waals surface area contributed by atoms with E-state index in [0.717, 1.165) is 37.1 Å². The lowest BCUT2D eigenvalue weighted by atomic mass is 10.2. The van der Waals surface area contributed by atoms with E-state index in [-0.39, 0.29) is 17.9 Å². The summed E-state index contributed by atoms with van der Waals surface area (Å²) in [4.78, 5) is 30.8. The van der Waals surface area contributed by atoms with Gasteiger partial charge in [0.25, 0.3) is 5.91 Å². The van der Waals surface area contributed by atoms with Gasteiger partial charge in [0, 0.05) is 12.6 Å². The highest BCUT2D eigenvalue weighted by Crippen LogP contribution is 2.24. The van der Waals surface area contributed by atoms with E-state index in [2.05, 4.69) is 4.98 Å². The second-order valence-corrected chi connectivity index (χ2v) is 6.06. The molecule has 0 radical (unpaired) electrons. The number of rotatable bonds is 4. The van der Waals surface area contributed by atoms with Crippen LogP contribution in [0.5, 0.6) is 0 Å². The Hall–Kier alpha value is -1.43. The van der Waals surface area contributed by atoms with Gasteiger partial charge in [-0.1, -0.05) is 6.92 Å². The maximum Gasteiger partial charge on any atom is 0.350 e. The number of carbonyl (C=O) groups excluding carboxylic acids is 2. The van der Waals surface area contributed by atoms with Crippen molar-refractivity contribution in [2.75, 3.05) is 13.2 Å². The van der Waals surface area contributed by atoms with E-state index in [4.69, 9.17) is 4.74 Å². The third kappa shape index (κ3) is 3.00. The van der Waals surface area contributed by atoms with Crippen molar-refractivity contribution in [2.45, 2.75) is 46.1 Å². The number of aromatic nitrogens is 1. The summed E-state index contributed by atoms with van der Waals surface area (Å²) < 4.78 is 5.10. The quantitative estimate of drug-likeness (QED) is 0.801. The van der Waals surface area contributed by atoms with Crippen LogP contribution in [-0.4, -0.2) is 41.0 Å². The van der Waals surface area contributed by atoms with Gasteiger partial charge in [-0.2, -0.15) is 0 Å². The summed E-state index contributed by atoms with van der Waals surface area (Å²) in [5.41, 5.74) is 0.575. The largest absolute Gasteiger partial charge is 0.461 e. The van der Waals surface area contributed by atoms with Gasteiger partial charge < -0.3 is 9.64 Å². The van der Waals surface area contributed by atoms with E-state index < -0.39 is 0 Å². The highest BCUT2D eigenvalue weighted by Gasteiger charge is 2.29. The van der Waals surface area contributed by atoms with Crippen LogP contribution in [0.25, 0.3) is 0 Å². The van der Waals surface area contributed by atoms with Gasteiger partial charge in [0.2, 0.25) is 0 Å². The highest BCUT2D eigenvalue weighted by atomic mass is 32.1. The van der Waals surface area contributed by atoms with Crippen molar-refractivity contribution in [3.8, 4) is 0 Å². The fraction of sp³-hybridized carbons (Fsp3) is 0.643. The lowest BCUT2D eigenvalue weighted by molar-refractivity contribution is 0.0509. The molecule has 1 aromatic heterocycles. The second kappa shape index (κ2) is 6.35. The molecule has 2 heterocycles. The van der Waals surface area contributed by atoms with E-state index in [1.165, 1.54) is 0 Å². The molecule has 110 valence electrons. The topological polar surface area (TPSA) is 59.5 Å². The number of ether oxygens (including phenoxy) is 1. The van der Waals surface area contributed by atoms with Crippen LogP contribution in [0.1, 0.15) is 58.3 Å². The summed E-state index contributed by atoms with van der Waals surface area (Å²) in [6.45, 7) is 6.89. The van der Waals surface area contributed by atoms with Crippen LogP contribution < -0.4 is 0 Å². The zero-order chi connectivity index (χ0) is 14.7. The minimum absolute atomic E-state index is 0.0716. The number of nitrogens with zero attached hydrogens (tertiary/aromatic N) is 2. The fourth-order valence-electron chi connectivity index (χ4n) is 2.30. The number of hydrogen-bond donors (Lipinski definition) is 0. The Balaban J connectivity index is 2.14. The number of aryl methyl sites for hydroxylation is 1. The number of hydrogen-bond acceptors (Lipinski definition) is 5. The number of esters is 1. The third-order valence-corrected chi connectivity index (χ3v) is 4.54. The SMILES string of the molecule is CCCOC(=O)c1sc(C(=O)N2CCCC2C)nc1C. The van der Waals surface area contributed by atoms with Crippen LogP contribution in [-0.2, 0) is 4.74 Å². The molecule has 5 nitrogen and oxygen atoms in total. The molecule has 1 unspecified atom stereocenters. The van der Waals surface area contributed by atoms with E-state index in [9.17, 15) is 9.59 Å². The summed E-state index contributed by atoms with van der Waals surface area (Å²) in [5, 5.41) is 0.389. The molecule has 0 saturated carbocycles. The molecule has 20 heavy (non-hydrogen) atoms. The molecule has 0 aromatic carbocycles. The maximum atomic E-state index is 12.4. The van der Waals surface area contributed by atoms with Crippen LogP contribution in [0.15, 0.2) is 0 Å². The zero-order valence-electron chi connectivity index (χ0n) is 12.1. The number of likely N-dealkylation sites (tertiary alicyclic amines) is 1. The van der Waals surface area contributed by atoms with Crippen molar-refractivity contribution in [1.82, 2.24) is 9.88 Å². The molecule has 0 N–H and O–H groups in total. The Morgan fingerprint density at radius 1 is 1.50 bits per heavy atom. The lowest BCUT2D eigenvalue weighted by Crippen LogP contribution is -2.33. The molecule has 0 aliphatic carbocycles. The first-order valence-electron chi connectivity index (χ1n) is 7.00. The Kier molecular flexibility index (Phi) is 4.75. The summed E-state index contributed by atoms with van der Waals surface area (Å²) in [7, 11) is 0. The van der Waals surface area contributed by atoms with Crippen LogP contribution in [0.3, 0.4) is 0 Å². The van der Waals surface area contributed by atoms with Crippen LogP contribution in [0, 0.1) is 6.92 Å². The average molecular weight is 296 g/mol. The second-order valence-electron chi connectivity index (χ2n) is 5.06. The smallest absolute Gasteiger partial charge is 0.350 e. The summed E-state index contributed by atoms with van der Waals surface area (Å²) in [6, 6.07) is 0.252. The van der Waals surface area contributed by atoms with Crippen molar-refractivity contribution in [3.63, 3.8) is 0 Å². The van der Waals surface area contributed by atoms with Gasteiger partial charge in [0.05, 0.1) is 12.3 Å². The number of thiazole rings is 1. The van der Waals surface area contributed by atoms with Gasteiger partial charge in [-0.25, -0.2) is 9.78 Å². The van der Waals surface area contributed by atoms with E-state index in [0.29, 0.717) is 22.2 Å². The van der Waals surface area contributed by atoms with E-state index in [1.807, 2.05) is 18.7 Å². The average Bonchev–Trinajstić information content (AvgIpc) is 3.01. The first-order valence-corrected chi connectivity index (χ1v) is 7.81. The van der Waals surface area contributed by atoms with Gasteiger partial charge >= 0.3 is 5.97 Å². The van der Waals surface area contributed by atoms with Crippen molar-refractivity contribution >= 4 is 23.2 Å². The minimum atomic E-state index is -0.379. The molecular weight excluding hydrogens is 276 g/mol. The van der Waals surface area contributed by atoms with Crippen molar-refractivity contribution in [1.29, 1.82) is 0 Å². The molecule has 1 fully saturated rings. The molecule has 1 saturated heterocycles. The van der Waals surface area contributed by atoms with Gasteiger partial charge in [-0.3, -0.25) is 4.79 Å². The fourth-order valence-corrected chi connectivity index (χ4v) is 3.21. The normalized spacial score (nSPS) is 18.4. The first-order chi connectivity index (χ1) is 9.54. The summed E-state index contributed by atoms with van der Waals surface area (Å²) in [5.74, 6) is -0.451. The lowest BCUT2D eigenvalue weighted by Gasteiger charge is -2.19. The molecule has 2 rings (SSSR count). The monoisotopic (exact) mass is 296 g/mol. The van der Waals surface area contributed by atoms with Crippen LogP contribution >= 0.6 is 11.3 Å². The first kappa shape index (κ1) is 15.0. The summed E-state index contributed by atoms with van der Waals surface area (Å²) >= 11 is 1.14. The van der Waals surface area contributed by atoms with Crippen molar-refractivity contribution < 1.29 is 14.3 Å². The highest BCUT2D eigenvalue weighted by molar-refractivity contribution is 7.15. The molecule has 1 amide bonds. The minimum Gasteiger partial charge on any atom is -0.461 e. The molecule has 0 bridgehead atoms. The van der Waals surface area contributed by atoms with Gasteiger partial charge in [-0.15, -0.1) is 11.3 Å². The standard InChI is InChI=1S/C14H20N2O3S/c1-4-8-19-14(18)11-10(3)15-12(20-11)13(17)16-7-5-6-9(16)2/h9H,4-8H2,1-3H3. The van der Waals surface area contributed by atoms with Gasteiger partial charge in [-0.05, 0) is 33.1 Å². The predicted octanol–water partition coefficient (Wildman–Crippen LogP) is 2.64. The van der Waals surface area contributed by atoms with Gasteiger partial charge in [0.1, 0.15) is 4.88 Å². The Labute approximate surface area is 122 Å². The van der Waals surface area contributed by atoms with Gasteiger partial charge in [0.15, 0.2) is 5.01 Å². The van der Waals surface area contributed by atoms with Crippen LogP contribution in [0.2, 0.25) is 0 Å². The van der Waals surface area contributed by atoms with Crippen molar-refractivity contribution in [2.24, 2.45) is 0 Å². The van der Waals surface area contributed by atoms with E-state index >= 15 is 0 Å². The van der Waals surface area contributed by atoms with E-state index in [1.54, 1.807) is 6.92 Å². The molecular formula is C14H20N2O3S. The third-order valence-electron chi connectivity index (χ3n) is 3.42. The molecule has 1 atom stereocenters. The molecule has 0 spiro atoms. The summed E-state index contributed by atoms with van der Waals surface area (Å²) in [6.07, 6.45) is 2.84. The Bertz CT molecular complexity index is 513. The van der Waals surface area contributed by atoms with Crippen LogP contribution in [0.4, 0.5) is 0 Å². The molecule has 1 aliphatic rings.